The summed E-state index contributed by atoms with van der Waals surface area (Å²) in [6, 6.07) is 5.52. The van der Waals surface area contributed by atoms with Crippen molar-refractivity contribution < 1.29 is 14.6 Å². The number of β-amino-alcohol motifs (C(OH)–C–C–N with tert-alkyl or cyclic N) is 1. The number of carbonyl (C=O) groups excluding carboxylic acids is 1. The Labute approximate surface area is 138 Å². The van der Waals surface area contributed by atoms with Crippen LogP contribution in [0.1, 0.15) is 49.9 Å². The van der Waals surface area contributed by atoms with Gasteiger partial charge in [-0.15, -0.1) is 0 Å². The quantitative estimate of drug-likeness (QED) is 0.878. The molecule has 2 atom stereocenters. The number of ether oxygens (including phenoxy) is 1. The summed E-state index contributed by atoms with van der Waals surface area (Å²) < 4.78 is 5.37. The fourth-order valence-corrected chi connectivity index (χ4v) is 3.05. The van der Waals surface area contributed by atoms with Crippen LogP contribution in [0.4, 0.5) is 4.79 Å². The van der Waals surface area contributed by atoms with E-state index >= 15 is 0 Å². The molecule has 1 fully saturated rings. The summed E-state index contributed by atoms with van der Waals surface area (Å²) in [6.45, 7) is 10.1. The molecule has 0 aliphatic carbocycles. The van der Waals surface area contributed by atoms with E-state index in [-0.39, 0.29) is 6.54 Å². The smallest absolute Gasteiger partial charge is 0.410 e. The first kappa shape index (κ1) is 17.8. The highest BCUT2D eigenvalue weighted by molar-refractivity contribution is 5.68. The molecule has 23 heavy (non-hydrogen) atoms. The Bertz CT molecular complexity index is 574. The Morgan fingerprint density at radius 1 is 1.30 bits per heavy atom. The van der Waals surface area contributed by atoms with Crippen LogP contribution in [0.2, 0.25) is 0 Å². The number of aliphatic hydroxyl groups is 1. The van der Waals surface area contributed by atoms with Gasteiger partial charge in [0.2, 0.25) is 0 Å². The first-order chi connectivity index (χ1) is 10.5. The highest BCUT2D eigenvalue weighted by atomic mass is 16.6. The Morgan fingerprint density at radius 3 is 2.39 bits per heavy atom. The van der Waals surface area contributed by atoms with Gasteiger partial charge in [0.05, 0.1) is 12.6 Å². The maximum Gasteiger partial charge on any atom is 0.410 e. The van der Waals surface area contributed by atoms with Crippen molar-refractivity contribution in [2.75, 3.05) is 13.1 Å². The van der Waals surface area contributed by atoms with Crippen LogP contribution in [0.5, 0.6) is 0 Å². The van der Waals surface area contributed by atoms with Crippen LogP contribution in [0.3, 0.4) is 0 Å². The van der Waals surface area contributed by atoms with Crippen molar-refractivity contribution in [1.82, 2.24) is 4.90 Å². The molecular formula is C18H28N2O3. The van der Waals surface area contributed by atoms with E-state index in [1.165, 1.54) is 4.90 Å². The number of nitrogens with zero attached hydrogens (tertiary/aromatic N) is 1. The molecule has 1 aromatic carbocycles. The van der Waals surface area contributed by atoms with Gasteiger partial charge in [0.25, 0.3) is 0 Å². The summed E-state index contributed by atoms with van der Waals surface area (Å²) in [4.78, 5) is 13.7. The molecule has 128 valence electrons. The van der Waals surface area contributed by atoms with E-state index in [0.717, 1.165) is 16.7 Å². The average Bonchev–Trinajstić information content (AvgIpc) is 2.79. The van der Waals surface area contributed by atoms with Gasteiger partial charge >= 0.3 is 6.09 Å². The monoisotopic (exact) mass is 320 g/mol. The largest absolute Gasteiger partial charge is 0.444 e. The molecule has 2 unspecified atom stereocenters. The second kappa shape index (κ2) is 6.13. The van der Waals surface area contributed by atoms with Gasteiger partial charge in [-0.25, -0.2) is 4.79 Å². The lowest BCUT2D eigenvalue weighted by atomic mass is 9.87. The average molecular weight is 320 g/mol. The number of hydrogen-bond donors (Lipinski definition) is 2. The van der Waals surface area contributed by atoms with Gasteiger partial charge in [0.1, 0.15) is 11.2 Å². The first-order valence-corrected chi connectivity index (χ1v) is 8.04. The molecule has 0 spiro atoms. The molecule has 2 rings (SSSR count). The van der Waals surface area contributed by atoms with Gasteiger partial charge in [0, 0.05) is 6.54 Å². The standard InChI is InChI=1S/C18H28N2O3/c1-12-8-13(2)10-14(9-12)15(19)18(22)6-7-20(11-18)16(21)23-17(3,4)5/h8-10,15,22H,6-7,11,19H2,1-5H3. The third-order valence-corrected chi connectivity index (χ3v) is 4.11. The normalized spacial score (nSPS) is 23.0. The Balaban J connectivity index is 2.12. The van der Waals surface area contributed by atoms with E-state index in [0.29, 0.717) is 13.0 Å². The summed E-state index contributed by atoms with van der Waals surface area (Å²) in [7, 11) is 0. The highest BCUT2D eigenvalue weighted by Gasteiger charge is 2.44. The van der Waals surface area contributed by atoms with Crippen LogP contribution in [0, 0.1) is 13.8 Å². The maximum absolute atomic E-state index is 12.2. The lowest BCUT2D eigenvalue weighted by molar-refractivity contribution is 0.00506. The SMILES string of the molecule is Cc1cc(C)cc(C(N)C2(O)CCN(C(=O)OC(C)(C)C)C2)c1. The van der Waals surface area contributed by atoms with Gasteiger partial charge in [-0.2, -0.15) is 0 Å². The number of hydrogen-bond acceptors (Lipinski definition) is 4. The number of rotatable bonds is 2. The third-order valence-electron chi connectivity index (χ3n) is 4.11. The lowest BCUT2D eigenvalue weighted by Crippen LogP contribution is -2.45. The van der Waals surface area contributed by atoms with E-state index < -0.39 is 23.3 Å². The fourth-order valence-electron chi connectivity index (χ4n) is 3.05. The Hall–Kier alpha value is -1.59. The first-order valence-electron chi connectivity index (χ1n) is 8.04. The van der Waals surface area contributed by atoms with E-state index in [1.807, 2.05) is 46.8 Å². The van der Waals surface area contributed by atoms with Crippen LogP contribution >= 0.6 is 0 Å². The van der Waals surface area contributed by atoms with Gasteiger partial charge in [-0.05, 0) is 46.6 Å². The predicted molar refractivity (Wildman–Crippen MR) is 90.2 cm³/mol. The summed E-state index contributed by atoms with van der Waals surface area (Å²) in [6.07, 6.45) is 0.0430. The molecule has 0 radical (unpaired) electrons. The number of benzene rings is 1. The van der Waals surface area contributed by atoms with Crippen LogP contribution < -0.4 is 5.73 Å². The van der Waals surface area contributed by atoms with Crippen LogP contribution in [0.25, 0.3) is 0 Å². The van der Waals surface area contributed by atoms with Crippen molar-refractivity contribution in [3.63, 3.8) is 0 Å². The van der Waals surface area contributed by atoms with Crippen molar-refractivity contribution in [3.8, 4) is 0 Å². The summed E-state index contributed by atoms with van der Waals surface area (Å²) in [5.41, 5.74) is 7.78. The molecule has 1 saturated heterocycles. The van der Waals surface area contributed by atoms with Gasteiger partial charge < -0.3 is 20.5 Å². The van der Waals surface area contributed by atoms with E-state index in [9.17, 15) is 9.90 Å². The van der Waals surface area contributed by atoms with Crippen molar-refractivity contribution in [1.29, 1.82) is 0 Å². The second-order valence-corrected chi connectivity index (χ2v) is 7.65. The molecule has 5 heteroatoms. The van der Waals surface area contributed by atoms with E-state index in [2.05, 4.69) is 6.07 Å². The highest BCUT2D eigenvalue weighted by Crippen LogP contribution is 2.34. The number of aryl methyl sites for hydroxylation is 2. The zero-order chi connectivity index (χ0) is 17.4. The van der Waals surface area contributed by atoms with Crippen molar-refractivity contribution in [2.24, 2.45) is 5.73 Å². The molecule has 1 aromatic rings. The second-order valence-electron chi connectivity index (χ2n) is 7.65. The van der Waals surface area contributed by atoms with E-state index in [1.54, 1.807) is 0 Å². The van der Waals surface area contributed by atoms with Crippen molar-refractivity contribution in [3.05, 3.63) is 34.9 Å². The lowest BCUT2D eigenvalue weighted by Gasteiger charge is -2.31. The molecule has 0 saturated carbocycles. The summed E-state index contributed by atoms with van der Waals surface area (Å²) >= 11 is 0. The Morgan fingerprint density at radius 2 is 1.87 bits per heavy atom. The topological polar surface area (TPSA) is 75.8 Å². The van der Waals surface area contributed by atoms with Gasteiger partial charge in [-0.3, -0.25) is 0 Å². The van der Waals surface area contributed by atoms with Crippen LogP contribution in [-0.4, -0.2) is 40.4 Å². The molecule has 5 nitrogen and oxygen atoms in total. The molecule has 1 aliphatic rings. The minimum absolute atomic E-state index is 0.191. The zero-order valence-electron chi connectivity index (χ0n) is 14.7. The number of likely N-dealkylation sites (tertiary alicyclic amines) is 1. The predicted octanol–water partition coefficient (Wildman–Crippen LogP) is 2.68. The molecule has 0 aromatic heterocycles. The fraction of sp³-hybridized carbons (Fsp3) is 0.611. The molecule has 3 N–H and O–H groups in total. The summed E-state index contributed by atoms with van der Waals surface area (Å²) in [5.74, 6) is 0. The van der Waals surface area contributed by atoms with E-state index in [4.69, 9.17) is 10.5 Å². The third kappa shape index (κ3) is 4.24. The van der Waals surface area contributed by atoms with Crippen molar-refractivity contribution in [2.45, 2.75) is 58.3 Å². The Kier molecular flexibility index (Phi) is 4.74. The van der Waals surface area contributed by atoms with Gasteiger partial charge in [0.15, 0.2) is 0 Å². The number of carbonyl (C=O) groups is 1. The molecular weight excluding hydrogens is 292 g/mol. The molecule has 1 aliphatic heterocycles. The zero-order valence-corrected chi connectivity index (χ0v) is 14.7. The number of nitrogens with two attached hydrogens (primary N) is 1. The van der Waals surface area contributed by atoms with Crippen molar-refractivity contribution >= 4 is 6.09 Å². The summed E-state index contributed by atoms with van der Waals surface area (Å²) in [5, 5.41) is 10.9. The van der Waals surface area contributed by atoms with Crippen LogP contribution in [0.15, 0.2) is 18.2 Å². The minimum Gasteiger partial charge on any atom is -0.444 e. The minimum atomic E-state index is -1.13. The molecule has 0 bridgehead atoms. The van der Waals surface area contributed by atoms with Gasteiger partial charge in [-0.1, -0.05) is 29.3 Å². The van der Waals surface area contributed by atoms with Crippen LogP contribution in [-0.2, 0) is 4.74 Å². The maximum atomic E-state index is 12.2. The molecule has 1 amide bonds. The number of amides is 1. The molecule has 1 heterocycles.